The van der Waals surface area contributed by atoms with E-state index in [9.17, 15) is 0 Å². The van der Waals surface area contributed by atoms with Crippen LogP contribution in [0, 0.1) is 0 Å². The normalized spacial score (nSPS) is 12.0. The average Bonchev–Trinajstić information content (AvgIpc) is 3.19. The first-order valence-corrected chi connectivity index (χ1v) is 8.35. The molecule has 25 heavy (non-hydrogen) atoms. The maximum absolute atomic E-state index is 4.51. The van der Waals surface area contributed by atoms with Gasteiger partial charge in [-0.25, -0.2) is 4.98 Å². The van der Waals surface area contributed by atoms with Crippen LogP contribution in [0.2, 0.25) is 0 Å². The minimum absolute atomic E-state index is 0.148. The van der Waals surface area contributed by atoms with Gasteiger partial charge in [-0.05, 0) is 11.0 Å². The highest BCUT2D eigenvalue weighted by atomic mass is 15.2. The third-order valence-electron chi connectivity index (χ3n) is 4.44. The van der Waals surface area contributed by atoms with Crippen molar-refractivity contribution in [2.75, 3.05) is 0 Å². The smallest absolute Gasteiger partial charge is 0.155 e. The molecule has 0 fully saturated rings. The summed E-state index contributed by atoms with van der Waals surface area (Å²) in [5.41, 5.74) is 6.38. The number of aryl methyl sites for hydroxylation is 1. The number of aromatic nitrogens is 5. The van der Waals surface area contributed by atoms with Crippen molar-refractivity contribution in [2.24, 2.45) is 7.05 Å². The number of rotatable bonds is 2. The van der Waals surface area contributed by atoms with Gasteiger partial charge in [-0.3, -0.25) is 14.1 Å². The largest absolute Gasteiger partial charge is 0.296 e. The summed E-state index contributed by atoms with van der Waals surface area (Å²) in [5.74, 6) is 0. The van der Waals surface area contributed by atoms with Crippen LogP contribution in [0.3, 0.4) is 0 Å². The predicted molar refractivity (Wildman–Crippen MR) is 99.3 cm³/mol. The molecule has 0 radical (unpaired) electrons. The van der Waals surface area contributed by atoms with E-state index in [1.54, 1.807) is 10.9 Å². The molecule has 5 nitrogen and oxygen atoms in total. The van der Waals surface area contributed by atoms with Gasteiger partial charge in [0, 0.05) is 30.6 Å². The third-order valence-corrected chi connectivity index (χ3v) is 4.44. The fourth-order valence-electron chi connectivity index (χ4n) is 2.95. The molecule has 3 aromatic heterocycles. The lowest BCUT2D eigenvalue weighted by Crippen LogP contribution is -2.10. The second-order valence-corrected chi connectivity index (χ2v) is 7.37. The lowest BCUT2D eigenvalue weighted by Gasteiger charge is -2.19. The summed E-state index contributed by atoms with van der Waals surface area (Å²) in [4.78, 5) is 8.99. The van der Waals surface area contributed by atoms with E-state index in [0.717, 1.165) is 28.2 Å². The van der Waals surface area contributed by atoms with E-state index in [2.05, 4.69) is 64.5 Å². The van der Waals surface area contributed by atoms with Gasteiger partial charge in [-0.1, -0.05) is 45.0 Å². The predicted octanol–water partition coefficient (Wildman–Crippen LogP) is 4.09. The molecule has 0 aliphatic rings. The van der Waals surface area contributed by atoms with E-state index in [4.69, 9.17) is 0 Å². The maximum Gasteiger partial charge on any atom is 0.155 e. The van der Waals surface area contributed by atoms with Crippen molar-refractivity contribution in [3.05, 3.63) is 60.8 Å². The van der Waals surface area contributed by atoms with E-state index in [-0.39, 0.29) is 5.41 Å². The molecule has 0 bridgehead atoms. The summed E-state index contributed by atoms with van der Waals surface area (Å²) in [6, 6.07) is 8.71. The molecule has 5 heteroatoms. The van der Waals surface area contributed by atoms with Gasteiger partial charge in [-0.2, -0.15) is 5.10 Å². The number of benzene rings is 1. The number of fused-ring (bicyclic) bond motifs is 1. The fraction of sp³-hybridized carbons (Fsp3) is 0.250. The number of hydrogen-bond acceptors (Lipinski definition) is 3. The van der Waals surface area contributed by atoms with Gasteiger partial charge in [0.15, 0.2) is 5.65 Å². The molecule has 0 saturated carbocycles. The monoisotopic (exact) mass is 331 g/mol. The van der Waals surface area contributed by atoms with Crippen molar-refractivity contribution in [3.8, 4) is 22.5 Å². The molecule has 0 amide bonds. The molecule has 0 aliphatic heterocycles. The Hall–Kier alpha value is -2.95. The lowest BCUT2D eigenvalue weighted by molar-refractivity contribution is 0.590. The summed E-state index contributed by atoms with van der Waals surface area (Å²) in [6.07, 6.45) is 9.50. The van der Waals surface area contributed by atoms with Crippen LogP contribution in [0.1, 0.15) is 26.3 Å². The molecule has 0 aliphatic carbocycles. The highest BCUT2D eigenvalue weighted by Gasteiger charge is 2.14. The van der Waals surface area contributed by atoms with E-state index in [0.29, 0.717) is 0 Å². The molecule has 0 spiro atoms. The van der Waals surface area contributed by atoms with Crippen molar-refractivity contribution in [2.45, 2.75) is 26.2 Å². The SMILES string of the molecule is Cn1cc(-c2cn3c(-c4ccc(C(C)(C)C)cc4)cnc3cn2)cn1. The molecule has 0 unspecified atom stereocenters. The summed E-state index contributed by atoms with van der Waals surface area (Å²) >= 11 is 0. The van der Waals surface area contributed by atoms with Crippen molar-refractivity contribution < 1.29 is 0 Å². The molecule has 3 heterocycles. The summed E-state index contributed by atoms with van der Waals surface area (Å²) in [6.45, 7) is 6.67. The van der Waals surface area contributed by atoms with E-state index in [1.807, 2.05) is 31.8 Å². The Morgan fingerprint density at radius 3 is 2.24 bits per heavy atom. The van der Waals surface area contributed by atoms with Gasteiger partial charge in [0.2, 0.25) is 0 Å². The van der Waals surface area contributed by atoms with Crippen molar-refractivity contribution in [1.82, 2.24) is 24.1 Å². The number of nitrogens with zero attached hydrogens (tertiary/aromatic N) is 5. The van der Waals surface area contributed by atoms with Gasteiger partial charge in [0.05, 0.1) is 30.0 Å². The Morgan fingerprint density at radius 1 is 0.840 bits per heavy atom. The quantitative estimate of drug-likeness (QED) is 0.556. The minimum atomic E-state index is 0.148. The van der Waals surface area contributed by atoms with E-state index < -0.39 is 0 Å². The molecule has 0 atom stereocenters. The van der Waals surface area contributed by atoms with Crippen molar-refractivity contribution in [3.63, 3.8) is 0 Å². The molecule has 1 aromatic carbocycles. The zero-order valence-electron chi connectivity index (χ0n) is 14.9. The van der Waals surface area contributed by atoms with E-state index >= 15 is 0 Å². The van der Waals surface area contributed by atoms with Crippen molar-refractivity contribution >= 4 is 5.65 Å². The van der Waals surface area contributed by atoms with Crippen LogP contribution in [-0.4, -0.2) is 24.1 Å². The molecular weight excluding hydrogens is 310 g/mol. The Bertz CT molecular complexity index is 1030. The minimum Gasteiger partial charge on any atom is -0.296 e. The highest BCUT2D eigenvalue weighted by Crippen LogP contribution is 2.27. The first-order chi connectivity index (χ1) is 11.9. The van der Waals surface area contributed by atoms with Crippen LogP contribution in [0.4, 0.5) is 0 Å². The molecule has 0 saturated heterocycles. The van der Waals surface area contributed by atoms with Gasteiger partial charge >= 0.3 is 0 Å². The standard InChI is InChI=1S/C20H21N5/c1-20(2,3)16-7-5-14(6-8-16)18-10-22-19-11-21-17(13-25(18)19)15-9-23-24(4)12-15/h5-13H,1-4H3. The van der Waals surface area contributed by atoms with Crippen LogP contribution >= 0.6 is 0 Å². The summed E-state index contributed by atoms with van der Waals surface area (Å²) < 4.78 is 3.86. The Balaban J connectivity index is 1.79. The first kappa shape index (κ1) is 15.6. The van der Waals surface area contributed by atoms with Crippen LogP contribution in [0.5, 0.6) is 0 Å². The van der Waals surface area contributed by atoms with Crippen LogP contribution in [0.25, 0.3) is 28.2 Å². The zero-order chi connectivity index (χ0) is 17.6. The molecule has 0 N–H and O–H groups in total. The van der Waals surface area contributed by atoms with Gasteiger partial charge in [0.25, 0.3) is 0 Å². The van der Waals surface area contributed by atoms with Gasteiger partial charge in [0.1, 0.15) is 0 Å². The summed E-state index contributed by atoms with van der Waals surface area (Å²) in [7, 11) is 1.90. The topological polar surface area (TPSA) is 48.0 Å². The summed E-state index contributed by atoms with van der Waals surface area (Å²) in [5, 5.41) is 4.23. The molecule has 4 rings (SSSR count). The first-order valence-electron chi connectivity index (χ1n) is 8.35. The van der Waals surface area contributed by atoms with Crippen LogP contribution in [0.15, 0.2) is 55.2 Å². The number of hydrogen-bond donors (Lipinski definition) is 0. The van der Waals surface area contributed by atoms with Gasteiger partial charge < -0.3 is 0 Å². The Morgan fingerprint density at radius 2 is 1.60 bits per heavy atom. The third kappa shape index (κ3) is 2.82. The maximum atomic E-state index is 4.51. The number of imidazole rings is 1. The Kier molecular flexibility index (Phi) is 3.46. The highest BCUT2D eigenvalue weighted by molar-refractivity contribution is 5.66. The van der Waals surface area contributed by atoms with E-state index in [1.165, 1.54) is 5.56 Å². The van der Waals surface area contributed by atoms with Crippen LogP contribution in [-0.2, 0) is 12.5 Å². The zero-order valence-corrected chi connectivity index (χ0v) is 14.9. The van der Waals surface area contributed by atoms with Crippen molar-refractivity contribution in [1.29, 1.82) is 0 Å². The fourth-order valence-corrected chi connectivity index (χ4v) is 2.95. The second kappa shape index (κ2) is 5.55. The Labute approximate surface area is 147 Å². The second-order valence-electron chi connectivity index (χ2n) is 7.37. The molecule has 126 valence electrons. The lowest BCUT2D eigenvalue weighted by atomic mass is 9.86. The molecule has 4 aromatic rings. The van der Waals surface area contributed by atoms with Gasteiger partial charge in [-0.15, -0.1) is 0 Å². The van der Waals surface area contributed by atoms with Crippen LogP contribution < -0.4 is 0 Å². The molecular formula is C20H21N5. The average molecular weight is 331 g/mol.